The fourth-order valence-electron chi connectivity index (χ4n) is 3.37. The molecule has 0 aliphatic carbocycles. The van der Waals surface area contributed by atoms with Crippen molar-refractivity contribution in [2.75, 3.05) is 5.32 Å². The van der Waals surface area contributed by atoms with Crippen molar-refractivity contribution in [1.82, 2.24) is 24.4 Å². The van der Waals surface area contributed by atoms with Gasteiger partial charge in [0.15, 0.2) is 11.5 Å². The van der Waals surface area contributed by atoms with Crippen LogP contribution in [-0.2, 0) is 6.54 Å². The van der Waals surface area contributed by atoms with Crippen LogP contribution in [-0.4, -0.2) is 30.3 Å². The maximum atomic E-state index is 12.9. The van der Waals surface area contributed by atoms with Crippen molar-refractivity contribution in [2.45, 2.75) is 13.5 Å². The average Bonchev–Trinajstić information content (AvgIpc) is 3.50. The van der Waals surface area contributed by atoms with Crippen LogP contribution in [0.5, 0.6) is 0 Å². The number of carbonyl (C=O) groups excluding carboxylic acids is 1. The topological polar surface area (TPSA) is 77.1 Å². The van der Waals surface area contributed by atoms with E-state index in [1.807, 2.05) is 60.8 Å². The van der Waals surface area contributed by atoms with Gasteiger partial charge in [0.25, 0.3) is 5.91 Å². The molecule has 1 aromatic carbocycles. The van der Waals surface area contributed by atoms with Gasteiger partial charge in [0.2, 0.25) is 0 Å². The Morgan fingerprint density at radius 2 is 2.06 bits per heavy atom. The average molecular weight is 449 g/mol. The first kappa shape index (κ1) is 19.5. The van der Waals surface area contributed by atoms with E-state index >= 15 is 0 Å². The summed E-state index contributed by atoms with van der Waals surface area (Å²) in [5.74, 6) is 0.150. The van der Waals surface area contributed by atoms with Crippen LogP contribution in [0.2, 0.25) is 5.02 Å². The molecular formula is C22H17ClN6OS. The van der Waals surface area contributed by atoms with E-state index in [1.54, 1.807) is 26.7 Å². The molecule has 0 aliphatic heterocycles. The van der Waals surface area contributed by atoms with Crippen LogP contribution in [0.3, 0.4) is 0 Å². The Hall–Kier alpha value is -3.49. The number of halogens is 1. The minimum absolute atomic E-state index is 0.312. The molecule has 5 rings (SSSR count). The number of hydrogen-bond acceptors (Lipinski definition) is 5. The fraction of sp³-hybridized carbons (Fsp3) is 0.0909. The summed E-state index contributed by atoms with van der Waals surface area (Å²) in [6, 6.07) is 15.3. The lowest BCUT2D eigenvalue weighted by Crippen LogP contribution is -2.13. The zero-order valence-corrected chi connectivity index (χ0v) is 18.1. The van der Waals surface area contributed by atoms with Crippen LogP contribution < -0.4 is 5.32 Å². The Morgan fingerprint density at radius 3 is 2.87 bits per heavy atom. The normalized spacial score (nSPS) is 11.2. The lowest BCUT2D eigenvalue weighted by atomic mass is 10.2. The largest absolute Gasteiger partial charge is 0.305 e. The molecule has 4 heterocycles. The van der Waals surface area contributed by atoms with Crippen LogP contribution in [0.1, 0.15) is 21.6 Å². The number of aromatic nitrogens is 5. The van der Waals surface area contributed by atoms with Gasteiger partial charge < -0.3 is 5.32 Å². The van der Waals surface area contributed by atoms with Gasteiger partial charge in [0.05, 0.1) is 23.3 Å². The van der Waals surface area contributed by atoms with Crippen molar-refractivity contribution in [3.63, 3.8) is 0 Å². The highest BCUT2D eigenvalue weighted by atomic mass is 35.5. The molecule has 0 aliphatic rings. The van der Waals surface area contributed by atoms with Gasteiger partial charge in [-0.1, -0.05) is 35.9 Å². The van der Waals surface area contributed by atoms with E-state index in [4.69, 9.17) is 11.6 Å². The first-order valence-corrected chi connectivity index (χ1v) is 10.8. The summed E-state index contributed by atoms with van der Waals surface area (Å²) in [7, 11) is 0. The SMILES string of the molecule is Cc1cc(NC(=O)c2cnn3c(-c4cccs4)ccnc23)nn1Cc1ccccc1Cl. The van der Waals surface area contributed by atoms with E-state index in [-0.39, 0.29) is 5.91 Å². The molecule has 0 spiro atoms. The molecule has 5 aromatic rings. The van der Waals surface area contributed by atoms with E-state index in [2.05, 4.69) is 20.5 Å². The third kappa shape index (κ3) is 3.71. The van der Waals surface area contributed by atoms with Gasteiger partial charge in [-0.15, -0.1) is 11.3 Å². The van der Waals surface area contributed by atoms with E-state index < -0.39 is 0 Å². The van der Waals surface area contributed by atoms with Gasteiger partial charge in [-0.3, -0.25) is 9.48 Å². The van der Waals surface area contributed by atoms with Gasteiger partial charge in [0, 0.05) is 23.0 Å². The standard InChI is InChI=1S/C22H17ClN6OS/c1-14-11-20(27-28(14)13-15-5-2-3-6-17(15)23)26-22(30)16-12-25-29-18(8-9-24-21(16)29)19-7-4-10-31-19/h2-12H,13H2,1H3,(H,26,27,30). The Bertz CT molecular complexity index is 1390. The summed E-state index contributed by atoms with van der Waals surface area (Å²) >= 11 is 7.87. The number of amides is 1. The van der Waals surface area contributed by atoms with Crippen LogP contribution in [0.15, 0.2) is 66.3 Å². The molecule has 0 saturated carbocycles. The minimum atomic E-state index is -0.312. The number of nitrogens with one attached hydrogen (secondary N) is 1. The van der Waals surface area contributed by atoms with Gasteiger partial charge in [-0.25, -0.2) is 9.50 Å². The second-order valence-corrected chi connectivity index (χ2v) is 8.33. The van der Waals surface area contributed by atoms with E-state index in [0.29, 0.717) is 28.6 Å². The summed E-state index contributed by atoms with van der Waals surface area (Å²) in [5.41, 5.74) is 3.64. The van der Waals surface area contributed by atoms with Crippen molar-refractivity contribution < 1.29 is 4.79 Å². The highest BCUT2D eigenvalue weighted by Gasteiger charge is 2.18. The quantitative estimate of drug-likeness (QED) is 0.414. The van der Waals surface area contributed by atoms with Crippen molar-refractivity contribution >= 4 is 40.3 Å². The Labute approximate surface area is 186 Å². The predicted octanol–water partition coefficient (Wildman–Crippen LogP) is 4.92. The molecule has 4 aromatic heterocycles. The number of aryl methyl sites for hydroxylation is 1. The molecule has 0 radical (unpaired) electrons. The van der Waals surface area contributed by atoms with Crippen LogP contribution >= 0.6 is 22.9 Å². The predicted molar refractivity (Wildman–Crippen MR) is 122 cm³/mol. The van der Waals surface area contributed by atoms with Crippen molar-refractivity contribution in [3.8, 4) is 10.6 Å². The number of anilines is 1. The highest BCUT2D eigenvalue weighted by Crippen LogP contribution is 2.25. The second kappa shape index (κ2) is 7.98. The minimum Gasteiger partial charge on any atom is -0.305 e. The summed E-state index contributed by atoms with van der Waals surface area (Å²) in [6.45, 7) is 2.45. The molecule has 154 valence electrons. The Balaban J connectivity index is 1.40. The van der Waals surface area contributed by atoms with Gasteiger partial charge in [-0.2, -0.15) is 10.2 Å². The summed E-state index contributed by atoms with van der Waals surface area (Å²) in [5, 5.41) is 14.4. The van der Waals surface area contributed by atoms with Gasteiger partial charge in [-0.05, 0) is 36.1 Å². The van der Waals surface area contributed by atoms with Gasteiger partial charge in [0.1, 0.15) is 5.56 Å². The molecule has 0 fully saturated rings. The third-order valence-electron chi connectivity index (χ3n) is 4.92. The van der Waals surface area contributed by atoms with E-state index in [1.165, 1.54) is 6.20 Å². The van der Waals surface area contributed by atoms with E-state index in [9.17, 15) is 4.79 Å². The molecule has 0 atom stereocenters. The maximum absolute atomic E-state index is 12.9. The number of rotatable bonds is 5. The molecule has 0 unspecified atom stereocenters. The monoisotopic (exact) mass is 448 g/mol. The zero-order chi connectivity index (χ0) is 21.4. The zero-order valence-electron chi connectivity index (χ0n) is 16.5. The van der Waals surface area contributed by atoms with E-state index in [0.717, 1.165) is 21.8 Å². The van der Waals surface area contributed by atoms with Crippen LogP contribution in [0, 0.1) is 6.92 Å². The number of hydrogen-bond donors (Lipinski definition) is 1. The number of nitrogens with zero attached hydrogens (tertiary/aromatic N) is 5. The molecular weight excluding hydrogens is 432 g/mol. The molecule has 1 N–H and O–H groups in total. The number of thiophene rings is 1. The molecule has 7 nitrogen and oxygen atoms in total. The first-order chi connectivity index (χ1) is 15.1. The van der Waals surface area contributed by atoms with Crippen molar-refractivity contribution in [1.29, 1.82) is 0 Å². The molecule has 0 bridgehead atoms. The number of carbonyl (C=O) groups is 1. The molecule has 1 amide bonds. The molecule has 9 heteroatoms. The first-order valence-electron chi connectivity index (χ1n) is 9.56. The smallest absolute Gasteiger partial charge is 0.262 e. The third-order valence-corrected chi connectivity index (χ3v) is 6.18. The highest BCUT2D eigenvalue weighted by molar-refractivity contribution is 7.13. The second-order valence-electron chi connectivity index (χ2n) is 6.98. The summed E-state index contributed by atoms with van der Waals surface area (Å²) in [6.07, 6.45) is 3.22. The number of fused-ring (bicyclic) bond motifs is 1. The van der Waals surface area contributed by atoms with Crippen LogP contribution in [0.25, 0.3) is 16.2 Å². The lowest BCUT2D eigenvalue weighted by molar-refractivity contribution is 0.102. The van der Waals surface area contributed by atoms with Crippen molar-refractivity contribution in [2.24, 2.45) is 0 Å². The Kier molecular flexibility index (Phi) is 5.01. The number of benzene rings is 1. The van der Waals surface area contributed by atoms with Gasteiger partial charge >= 0.3 is 0 Å². The Morgan fingerprint density at radius 1 is 1.19 bits per heavy atom. The van der Waals surface area contributed by atoms with Crippen LogP contribution in [0.4, 0.5) is 5.82 Å². The summed E-state index contributed by atoms with van der Waals surface area (Å²) in [4.78, 5) is 18.4. The molecule has 0 saturated heterocycles. The van der Waals surface area contributed by atoms with Crippen molar-refractivity contribution in [3.05, 3.63) is 88.1 Å². The maximum Gasteiger partial charge on any atom is 0.262 e. The lowest BCUT2D eigenvalue weighted by Gasteiger charge is -2.06. The fourth-order valence-corrected chi connectivity index (χ4v) is 4.30. The summed E-state index contributed by atoms with van der Waals surface area (Å²) < 4.78 is 3.49. The molecule has 31 heavy (non-hydrogen) atoms.